The summed E-state index contributed by atoms with van der Waals surface area (Å²) < 4.78 is 15.4. The molecule has 1 aromatic carbocycles. The molecule has 0 fully saturated rings. The van der Waals surface area contributed by atoms with E-state index in [2.05, 4.69) is 29.5 Å². The molecule has 0 aliphatic heterocycles. The van der Waals surface area contributed by atoms with Gasteiger partial charge in [-0.25, -0.2) is 4.63 Å². The summed E-state index contributed by atoms with van der Waals surface area (Å²) in [5.74, 6) is 1.21. The fourth-order valence-corrected chi connectivity index (χ4v) is 2.01. The number of hydrogen-bond donors (Lipinski definition) is 1. The molecule has 1 N–H and O–H groups in total. The lowest BCUT2D eigenvalue weighted by molar-refractivity contribution is 0.0995. The fourth-order valence-electron chi connectivity index (χ4n) is 2.01. The van der Waals surface area contributed by atoms with Crippen molar-refractivity contribution in [3.8, 4) is 17.0 Å². The van der Waals surface area contributed by atoms with Crippen molar-refractivity contribution < 1.29 is 18.6 Å². The first-order valence-corrected chi connectivity index (χ1v) is 7.54. The van der Waals surface area contributed by atoms with Crippen molar-refractivity contribution in [2.75, 3.05) is 11.9 Å². The molecule has 2 heterocycles. The van der Waals surface area contributed by atoms with E-state index in [1.165, 1.54) is 6.26 Å². The van der Waals surface area contributed by atoms with Gasteiger partial charge in [0.05, 0.1) is 12.9 Å². The topological polar surface area (TPSA) is 90.4 Å². The maximum Gasteiger partial charge on any atom is 0.292 e. The van der Waals surface area contributed by atoms with Gasteiger partial charge in [0, 0.05) is 5.56 Å². The molecule has 7 heteroatoms. The average molecular weight is 327 g/mol. The molecule has 3 aromatic rings. The van der Waals surface area contributed by atoms with E-state index < -0.39 is 5.91 Å². The summed E-state index contributed by atoms with van der Waals surface area (Å²) in [5, 5.41) is 10.2. The van der Waals surface area contributed by atoms with Crippen molar-refractivity contribution in [3.63, 3.8) is 0 Å². The Bertz CT molecular complexity index is 792. The highest BCUT2D eigenvalue weighted by atomic mass is 16.6. The highest BCUT2D eigenvalue weighted by molar-refractivity contribution is 6.03. The molecule has 0 aliphatic rings. The molecular formula is C17H17N3O4. The number of amides is 1. The molecule has 0 aliphatic carbocycles. The normalized spacial score (nSPS) is 10.8. The zero-order valence-corrected chi connectivity index (χ0v) is 13.4. The molecule has 0 radical (unpaired) electrons. The van der Waals surface area contributed by atoms with Gasteiger partial charge in [0.25, 0.3) is 5.91 Å². The highest BCUT2D eigenvalue weighted by Crippen LogP contribution is 2.26. The first-order valence-electron chi connectivity index (χ1n) is 7.54. The number of hydrogen-bond acceptors (Lipinski definition) is 6. The van der Waals surface area contributed by atoms with Crippen LogP contribution in [0, 0.1) is 5.92 Å². The summed E-state index contributed by atoms with van der Waals surface area (Å²) >= 11 is 0. The summed E-state index contributed by atoms with van der Waals surface area (Å²) in [5.41, 5.74) is 1.19. The number of carbonyl (C=O) groups excluding carboxylic acids is 1. The summed E-state index contributed by atoms with van der Waals surface area (Å²) in [4.78, 5) is 12.0. The number of nitrogens with zero attached hydrogens (tertiary/aromatic N) is 2. The highest BCUT2D eigenvalue weighted by Gasteiger charge is 2.17. The largest absolute Gasteiger partial charge is 0.493 e. The predicted octanol–water partition coefficient (Wildman–Crippen LogP) is 3.62. The molecule has 0 spiro atoms. The SMILES string of the molecule is CC(C)COc1ccc(-c2nonc2NC(=O)c2ccco2)cc1. The van der Waals surface area contributed by atoms with Gasteiger partial charge in [0.1, 0.15) is 5.75 Å². The number of benzene rings is 1. The van der Waals surface area contributed by atoms with E-state index in [9.17, 15) is 4.79 Å². The van der Waals surface area contributed by atoms with Gasteiger partial charge in [-0.2, -0.15) is 0 Å². The van der Waals surface area contributed by atoms with Crippen molar-refractivity contribution in [1.82, 2.24) is 10.3 Å². The van der Waals surface area contributed by atoms with Crippen LogP contribution < -0.4 is 10.1 Å². The number of aromatic nitrogens is 2. The lowest BCUT2D eigenvalue weighted by atomic mass is 10.1. The molecule has 124 valence electrons. The third-order valence-electron chi connectivity index (χ3n) is 3.18. The van der Waals surface area contributed by atoms with Gasteiger partial charge < -0.3 is 9.15 Å². The molecule has 2 aromatic heterocycles. The standard InChI is InChI=1S/C17H17N3O4/c1-11(2)10-23-13-7-5-12(6-8-13)15-16(20-24-19-15)18-17(21)14-4-3-9-22-14/h3-9,11H,10H2,1-2H3,(H,18,20,21). The molecule has 0 unspecified atom stereocenters. The van der Waals surface area contributed by atoms with Gasteiger partial charge >= 0.3 is 0 Å². The Labute approximate surface area is 138 Å². The molecule has 0 saturated carbocycles. The maximum atomic E-state index is 12.0. The number of anilines is 1. The van der Waals surface area contributed by atoms with Gasteiger partial charge in [0.2, 0.25) is 5.82 Å². The van der Waals surface area contributed by atoms with Crippen LogP contribution >= 0.6 is 0 Å². The van der Waals surface area contributed by atoms with Crippen LogP contribution in [0.15, 0.2) is 51.7 Å². The minimum atomic E-state index is -0.422. The maximum absolute atomic E-state index is 12.0. The van der Waals surface area contributed by atoms with Crippen molar-refractivity contribution >= 4 is 11.7 Å². The quantitative estimate of drug-likeness (QED) is 0.743. The van der Waals surface area contributed by atoms with Crippen LogP contribution in [0.5, 0.6) is 5.75 Å². The van der Waals surface area contributed by atoms with E-state index in [0.29, 0.717) is 18.2 Å². The Hall–Kier alpha value is -3.09. The Kier molecular flexibility index (Phi) is 4.60. The summed E-state index contributed by atoms with van der Waals surface area (Å²) in [6, 6.07) is 10.5. The van der Waals surface area contributed by atoms with Gasteiger partial charge in [-0.05, 0) is 52.6 Å². The van der Waals surface area contributed by atoms with E-state index in [1.807, 2.05) is 24.3 Å². The fraction of sp³-hybridized carbons (Fsp3) is 0.235. The molecule has 0 bridgehead atoms. The summed E-state index contributed by atoms with van der Waals surface area (Å²) in [7, 11) is 0. The van der Waals surface area contributed by atoms with E-state index in [-0.39, 0.29) is 11.6 Å². The minimum absolute atomic E-state index is 0.182. The molecule has 1 amide bonds. The zero-order valence-electron chi connectivity index (χ0n) is 13.4. The molecule has 3 rings (SSSR count). The first kappa shape index (κ1) is 15.8. The van der Waals surface area contributed by atoms with Crippen LogP contribution in [0.25, 0.3) is 11.3 Å². The second kappa shape index (κ2) is 6.99. The first-order chi connectivity index (χ1) is 11.6. The summed E-state index contributed by atoms with van der Waals surface area (Å²) in [6.07, 6.45) is 1.42. The molecule has 24 heavy (non-hydrogen) atoms. The number of ether oxygens (including phenoxy) is 1. The van der Waals surface area contributed by atoms with Crippen molar-refractivity contribution in [1.29, 1.82) is 0 Å². The predicted molar refractivity (Wildman–Crippen MR) is 86.7 cm³/mol. The lowest BCUT2D eigenvalue weighted by Crippen LogP contribution is -2.11. The smallest absolute Gasteiger partial charge is 0.292 e. The van der Waals surface area contributed by atoms with E-state index >= 15 is 0 Å². The third kappa shape index (κ3) is 3.62. The molecule has 7 nitrogen and oxygen atoms in total. The van der Waals surface area contributed by atoms with Crippen LogP contribution in [-0.4, -0.2) is 22.8 Å². The van der Waals surface area contributed by atoms with Crippen LogP contribution in [0.3, 0.4) is 0 Å². The summed E-state index contributed by atoms with van der Waals surface area (Å²) in [6.45, 7) is 4.82. The van der Waals surface area contributed by atoms with Gasteiger partial charge in [-0.15, -0.1) is 0 Å². The number of nitrogens with one attached hydrogen (secondary N) is 1. The Morgan fingerprint density at radius 2 is 2.00 bits per heavy atom. The Balaban J connectivity index is 1.74. The van der Waals surface area contributed by atoms with Crippen molar-refractivity contribution in [3.05, 3.63) is 48.4 Å². The number of carbonyl (C=O) groups is 1. The second-order valence-electron chi connectivity index (χ2n) is 5.62. The van der Waals surface area contributed by atoms with E-state index in [4.69, 9.17) is 13.8 Å². The Morgan fingerprint density at radius 3 is 2.67 bits per heavy atom. The molecule has 0 atom stereocenters. The lowest BCUT2D eigenvalue weighted by Gasteiger charge is -2.08. The van der Waals surface area contributed by atoms with Gasteiger partial charge in [0.15, 0.2) is 11.5 Å². The number of rotatable bonds is 6. The number of furan rings is 1. The van der Waals surface area contributed by atoms with Crippen LogP contribution in [-0.2, 0) is 0 Å². The monoisotopic (exact) mass is 327 g/mol. The van der Waals surface area contributed by atoms with Crippen molar-refractivity contribution in [2.45, 2.75) is 13.8 Å². The van der Waals surface area contributed by atoms with Crippen LogP contribution in [0.1, 0.15) is 24.4 Å². The van der Waals surface area contributed by atoms with Crippen molar-refractivity contribution in [2.24, 2.45) is 5.92 Å². The van der Waals surface area contributed by atoms with E-state index in [0.717, 1.165) is 11.3 Å². The van der Waals surface area contributed by atoms with Gasteiger partial charge in [-0.1, -0.05) is 13.8 Å². The van der Waals surface area contributed by atoms with E-state index in [1.54, 1.807) is 12.1 Å². The zero-order chi connectivity index (χ0) is 16.9. The Morgan fingerprint density at radius 1 is 1.21 bits per heavy atom. The second-order valence-corrected chi connectivity index (χ2v) is 5.62. The average Bonchev–Trinajstić information content (AvgIpc) is 3.25. The molecular weight excluding hydrogens is 310 g/mol. The van der Waals surface area contributed by atoms with Crippen LogP contribution in [0.4, 0.5) is 5.82 Å². The minimum Gasteiger partial charge on any atom is -0.493 e. The van der Waals surface area contributed by atoms with Gasteiger partial charge in [-0.3, -0.25) is 10.1 Å². The third-order valence-corrected chi connectivity index (χ3v) is 3.18. The van der Waals surface area contributed by atoms with Crippen LogP contribution in [0.2, 0.25) is 0 Å². The molecule has 0 saturated heterocycles.